The Kier molecular flexibility index (Phi) is 4.82. The van der Waals surface area contributed by atoms with Gasteiger partial charge in [0.15, 0.2) is 0 Å². The lowest BCUT2D eigenvalue weighted by Crippen LogP contribution is -2.57. The first-order chi connectivity index (χ1) is 10.2. The van der Waals surface area contributed by atoms with Crippen LogP contribution in [0, 0.1) is 0 Å². The quantitative estimate of drug-likeness (QED) is 0.798. The van der Waals surface area contributed by atoms with Crippen molar-refractivity contribution in [2.75, 3.05) is 46.3 Å². The molecule has 3 aliphatic heterocycles. The molecule has 0 aromatic carbocycles. The molecule has 0 aromatic heterocycles. The van der Waals surface area contributed by atoms with Gasteiger partial charge in [0.1, 0.15) is 0 Å². The minimum Gasteiger partial charge on any atom is -0.338 e. The van der Waals surface area contributed by atoms with Crippen molar-refractivity contribution in [3.63, 3.8) is 0 Å². The zero-order chi connectivity index (χ0) is 14.8. The van der Waals surface area contributed by atoms with Gasteiger partial charge in [-0.05, 0) is 59.3 Å². The molecule has 0 spiro atoms. The minimum absolute atomic E-state index is 0.156. The molecule has 3 saturated heterocycles. The average Bonchev–Trinajstić information content (AvgIpc) is 2.99. The van der Waals surface area contributed by atoms with Gasteiger partial charge in [0.2, 0.25) is 5.91 Å². The molecule has 3 heterocycles. The molecule has 3 aliphatic rings. The van der Waals surface area contributed by atoms with Crippen LogP contribution in [-0.2, 0) is 4.79 Å². The highest BCUT2D eigenvalue weighted by atomic mass is 16.2. The van der Waals surface area contributed by atoms with E-state index < -0.39 is 0 Å². The van der Waals surface area contributed by atoms with Crippen LogP contribution in [0.25, 0.3) is 0 Å². The molecule has 1 N–H and O–H groups in total. The van der Waals surface area contributed by atoms with Crippen LogP contribution in [0.3, 0.4) is 0 Å². The van der Waals surface area contributed by atoms with Gasteiger partial charge in [0.25, 0.3) is 0 Å². The second kappa shape index (κ2) is 6.63. The SMILES string of the molecule is CC1CN(C(=O)C2CCCN2C2CCNCC2)CCN1C. The van der Waals surface area contributed by atoms with Crippen LogP contribution < -0.4 is 5.32 Å². The lowest BCUT2D eigenvalue weighted by atomic mass is 10.0. The monoisotopic (exact) mass is 294 g/mol. The molecule has 0 saturated carbocycles. The lowest BCUT2D eigenvalue weighted by Gasteiger charge is -2.41. The Labute approximate surface area is 128 Å². The van der Waals surface area contributed by atoms with Crippen LogP contribution in [0.1, 0.15) is 32.6 Å². The van der Waals surface area contributed by atoms with E-state index in [9.17, 15) is 4.79 Å². The maximum absolute atomic E-state index is 13.0. The maximum atomic E-state index is 13.0. The van der Waals surface area contributed by atoms with Crippen molar-refractivity contribution < 1.29 is 4.79 Å². The standard InChI is InChI=1S/C16H30N4O/c1-13-12-19(11-10-18(13)2)16(21)15-4-3-9-20(15)14-5-7-17-8-6-14/h13-15,17H,3-12H2,1-2H3. The van der Waals surface area contributed by atoms with Gasteiger partial charge in [0.05, 0.1) is 6.04 Å². The van der Waals surface area contributed by atoms with E-state index in [4.69, 9.17) is 0 Å². The summed E-state index contributed by atoms with van der Waals surface area (Å²) in [6.07, 6.45) is 4.64. The fourth-order valence-corrected chi connectivity index (χ4v) is 4.09. The van der Waals surface area contributed by atoms with Gasteiger partial charge < -0.3 is 15.1 Å². The van der Waals surface area contributed by atoms with Gasteiger partial charge in [-0.1, -0.05) is 0 Å². The number of hydrogen-bond donors (Lipinski definition) is 1. The number of carbonyl (C=O) groups is 1. The first-order valence-corrected chi connectivity index (χ1v) is 8.62. The van der Waals surface area contributed by atoms with Gasteiger partial charge in [-0.2, -0.15) is 0 Å². The van der Waals surface area contributed by atoms with E-state index in [1.807, 2.05) is 0 Å². The Hall–Kier alpha value is -0.650. The molecule has 2 unspecified atom stereocenters. The van der Waals surface area contributed by atoms with Crippen LogP contribution in [-0.4, -0.2) is 85.0 Å². The molecule has 3 rings (SSSR count). The first kappa shape index (κ1) is 15.3. The van der Waals surface area contributed by atoms with E-state index in [-0.39, 0.29) is 6.04 Å². The number of piperidine rings is 1. The van der Waals surface area contributed by atoms with E-state index in [2.05, 4.69) is 34.0 Å². The van der Waals surface area contributed by atoms with Gasteiger partial charge in [-0.15, -0.1) is 0 Å². The number of rotatable bonds is 2. The summed E-state index contributed by atoms with van der Waals surface area (Å²) in [5.74, 6) is 0.394. The average molecular weight is 294 g/mol. The molecule has 0 radical (unpaired) electrons. The summed E-state index contributed by atoms with van der Waals surface area (Å²) < 4.78 is 0. The molecule has 5 heteroatoms. The van der Waals surface area contributed by atoms with Crippen molar-refractivity contribution in [2.24, 2.45) is 0 Å². The molecule has 120 valence electrons. The third-order valence-corrected chi connectivity index (χ3v) is 5.63. The van der Waals surface area contributed by atoms with E-state index in [1.54, 1.807) is 0 Å². The highest BCUT2D eigenvalue weighted by molar-refractivity contribution is 5.82. The number of amides is 1. The number of hydrogen-bond acceptors (Lipinski definition) is 4. The first-order valence-electron chi connectivity index (χ1n) is 8.62. The van der Waals surface area contributed by atoms with Crippen molar-refractivity contribution in [1.82, 2.24) is 20.0 Å². The summed E-state index contributed by atoms with van der Waals surface area (Å²) in [5.41, 5.74) is 0. The van der Waals surface area contributed by atoms with Crippen molar-refractivity contribution in [1.29, 1.82) is 0 Å². The summed E-state index contributed by atoms with van der Waals surface area (Å²) in [4.78, 5) is 19.9. The van der Waals surface area contributed by atoms with Gasteiger partial charge in [-0.25, -0.2) is 0 Å². The second-order valence-electron chi connectivity index (χ2n) is 6.99. The predicted molar refractivity (Wildman–Crippen MR) is 84.3 cm³/mol. The minimum atomic E-state index is 0.156. The molecule has 0 bridgehead atoms. The molecule has 3 fully saturated rings. The number of likely N-dealkylation sites (tertiary alicyclic amines) is 1. The van der Waals surface area contributed by atoms with Crippen molar-refractivity contribution in [3.8, 4) is 0 Å². The fraction of sp³-hybridized carbons (Fsp3) is 0.938. The molecular weight excluding hydrogens is 264 g/mol. The maximum Gasteiger partial charge on any atom is 0.240 e. The summed E-state index contributed by atoms with van der Waals surface area (Å²) in [6, 6.07) is 1.26. The Balaban J connectivity index is 1.62. The van der Waals surface area contributed by atoms with Crippen LogP contribution in [0.15, 0.2) is 0 Å². The van der Waals surface area contributed by atoms with Crippen LogP contribution in [0.5, 0.6) is 0 Å². The Bertz CT molecular complexity index is 369. The topological polar surface area (TPSA) is 38.8 Å². The molecule has 0 aromatic rings. The molecule has 0 aliphatic carbocycles. The third kappa shape index (κ3) is 3.25. The second-order valence-corrected chi connectivity index (χ2v) is 6.99. The Morgan fingerprint density at radius 2 is 1.86 bits per heavy atom. The van der Waals surface area contributed by atoms with E-state index in [1.165, 1.54) is 19.3 Å². The van der Waals surface area contributed by atoms with E-state index in [0.29, 0.717) is 18.0 Å². The smallest absolute Gasteiger partial charge is 0.240 e. The van der Waals surface area contributed by atoms with Crippen molar-refractivity contribution >= 4 is 5.91 Å². The number of carbonyl (C=O) groups excluding carboxylic acids is 1. The van der Waals surface area contributed by atoms with Crippen LogP contribution >= 0.6 is 0 Å². The molecule has 1 amide bonds. The van der Waals surface area contributed by atoms with Gasteiger partial charge in [-0.3, -0.25) is 9.69 Å². The largest absolute Gasteiger partial charge is 0.338 e. The van der Waals surface area contributed by atoms with Crippen molar-refractivity contribution in [3.05, 3.63) is 0 Å². The number of nitrogens with one attached hydrogen (secondary N) is 1. The molecule has 2 atom stereocenters. The normalized spacial score (nSPS) is 33.5. The van der Waals surface area contributed by atoms with Crippen LogP contribution in [0.2, 0.25) is 0 Å². The molecular formula is C16H30N4O. The summed E-state index contributed by atoms with van der Waals surface area (Å²) >= 11 is 0. The third-order valence-electron chi connectivity index (χ3n) is 5.63. The van der Waals surface area contributed by atoms with Crippen LogP contribution in [0.4, 0.5) is 0 Å². The number of piperazine rings is 1. The number of likely N-dealkylation sites (N-methyl/N-ethyl adjacent to an activating group) is 1. The Morgan fingerprint density at radius 3 is 2.57 bits per heavy atom. The van der Waals surface area contributed by atoms with E-state index >= 15 is 0 Å². The highest BCUT2D eigenvalue weighted by Crippen LogP contribution is 2.26. The highest BCUT2D eigenvalue weighted by Gasteiger charge is 2.38. The lowest BCUT2D eigenvalue weighted by molar-refractivity contribution is -0.139. The Morgan fingerprint density at radius 1 is 1.10 bits per heavy atom. The summed E-state index contributed by atoms with van der Waals surface area (Å²) in [6.45, 7) is 8.35. The zero-order valence-corrected chi connectivity index (χ0v) is 13.6. The van der Waals surface area contributed by atoms with Gasteiger partial charge in [0, 0.05) is 31.7 Å². The fourth-order valence-electron chi connectivity index (χ4n) is 4.09. The summed E-state index contributed by atoms with van der Waals surface area (Å²) in [5, 5.41) is 3.43. The summed E-state index contributed by atoms with van der Waals surface area (Å²) in [7, 11) is 2.16. The zero-order valence-electron chi connectivity index (χ0n) is 13.6. The molecule has 21 heavy (non-hydrogen) atoms. The van der Waals surface area contributed by atoms with E-state index in [0.717, 1.165) is 45.7 Å². The van der Waals surface area contributed by atoms with Gasteiger partial charge >= 0.3 is 0 Å². The van der Waals surface area contributed by atoms with Crippen molar-refractivity contribution in [2.45, 2.75) is 50.7 Å². The predicted octanol–water partition coefficient (Wildman–Crippen LogP) is 0.365. The molecule has 5 nitrogen and oxygen atoms in total. The number of nitrogens with zero attached hydrogens (tertiary/aromatic N) is 3.